The number of nitrogens with zero attached hydrogens (tertiary/aromatic N) is 1. The van der Waals surface area contributed by atoms with Gasteiger partial charge in [-0.1, -0.05) is 41.0 Å². The monoisotopic (exact) mass is 347 g/mol. The third kappa shape index (κ3) is 2.08. The van der Waals surface area contributed by atoms with Crippen molar-refractivity contribution in [1.29, 1.82) is 0 Å². The Morgan fingerprint density at radius 2 is 1.68 bits per heavy atom. The minimum atomic E-state index is -0.0964. The summed E-state index contributed by atoms with van der Waals surface area (Å²) < 4.78 is 11.5. The Hall–Kier alpha value is -3.11. The van der Waals surface area contributed by atoms with Gasteiger partial charge in [-0.3, -0.25) is 4.79 Å². The topological polar surface area (TPSA) is 52.3 Å². The van der Waals surface area contributed by atoms with E-state index in [1.807, 2.05) is 18.2 Å². The zero-order valence-electron chi connectivity index (χ0n) is 12.8. The summed E-state index contributed by atoms with van der Waals surface area (Å²) in [4.78, 5) is 13.1. The first kappa shape index (κ1) is 14.3. The number of carbonyl (C=O) groups is 1. The molecular formula is C20H10ClNO3. The molecule has 1 aromatic heterocycles. The lowest BCUT2D eigenvalue weighted by Crippen LogP contribution is -2.10. The summed E-state index contributed by atoms with van der Waals surface area (Å²) in [6.07, 6.45) is 0. The standard InChI is InChI=1S/C20H10ClNO3/c21-11-5-7-12(8-6-11)24-16-10-9-15-17-18(16)19(23)13-3-1-2-4-14(13)20(17)25-22-15/h1-10H. The lowest BCUT2D eigenvalue weighted by Gasteiger charge is -2.17. The van der Waals surface area contributed by atoms with Crippen molar-refractivity contribution in [2.75, 3.05) is 0 Å². The van der Waals surface area contributed by atoms with Gasteiger partial charge in [0.15, 0.2) is 11.5 Å². The van der Waals surface area contributed by atoms with Crippen LogP contribution in [0.15, 0.2) is 65.2 Å². The van der Waals surface area contributed by atoms with E-state index in [4.69, 9.17) is 20.9 Å². The molecule has 0 fully saturated rings. The van der Waals surface area contributed by atoms with Crippen molar-refractivity contribution in [3.63, 3.8) is 0 Å². The molecule has 25 heavy (non-hydrogen) atoms. The molecule has 5 heteroatoms. The van der Waals surface area contributed by atoms with Crippen molar-refractivity contribution >= 4 is 28.3 Å². The van der Waals surface area contributed by atoms with Crippen molar-refractivity contribution in [1.82, 2.24) is 5.16 Å². The summed E-state index contributed by atoms with van der Waals surface area (Å²) in [6.45, 7) is 0. The quantitative estimate of drug-likeness (QED) is 0.424. The molecule has 0 spiro atoms. The van der Waals surface area contributed by atoms with Crippen molar-refractivity contribution < 1.29 is 14.1 Å². The molecule has 0 saturated carbocycles. The van der Waals surface area contributed by atoms with Crippen LogP contribution in [0, 0.1) is 0 Å². The Labute approximate surface area is 147 Å². The van der Waals surface area contributed by atoms with E-state index >= 15 is 0 Å². The van der Waals surface area contributed by atoms with Crippen LogP contribution in [-0.2, 0) is 0 Å². The number of aromatic nitrogens is 1. The van der Waals surface area contributed by atoms with Gasteiger partial charge in [-0.15, -0.1) is 0 Å². The van der Waals surface area contributed by atoms with Gasteiger partial charge in [0.2, 0.25) is 0 Å². The van der Waals surface area contributed by atoms with Gasteiger partial charge in [0.1, 0.15) is 17.0 Å². The van der Waals surface area contributed by atoms with Crippen LogP contribution in [0.1, 0.15) is 15.9 Å². The maximum Gasteiger partial charge on any atom is 0.198 e. The van der Waals surface area contributed by atoms with Crippen molar-refractivity contribution in [2.45, 2.75) is 0 Å². The van der Waals surface area contributed by atoms with Gasteiger partial charge in [-0.05, 0) is 36.4 Å². The molecule has 0 aliphatic heterocycles. The fourth-order valence-corrected chi connectivity index (χ4v) is 3.28. The Bertz CT molecular complexity index is 1150. The maximum atomic E-state index is 13.1. The highest BCUT2D eigenvalue weighted by molar-refractivity contribution is 6.30. The van der Waals surface area contributed by atoms with Crippen LogP contribution in [0.2, 0.25) is 5.02 Å². The summed E-state index contributed by atoms with van der Waals surface area (Å²) >= 11 is 5.92. The summed E-state index contributed by atoms with van der Waals surface area (Å²) in [5, 5.41) is 5.39. The lowest BCUT2D eigenvalue weighted by molar-refractivity contribution is 0.103. The molecule has 4 aromatic rings. The number of ether oxygens (including phenoxy) is 1. The molecule has 5 rings (SSSR count). The molecule has 1 aliphatic carbocycles. The Morgan fingerprint density at radius 3 is 2.48 bits per heavy atom. The highest BCUT2D eigenvalue weighted by Crippen LogP contribution is 2.43. The number of halogens is 1. The minimum absolute atomic E-state index is 0.0964. The van der Waals surface area contributed by atoms with Crippen LogP contribution in [0.25, 0.3) is 22.2 Å². The van der Waals surface area contributed by atoms with Gasteiger partial charge in [-0.25, -0.2) is 0 Å². The predicted molar refractivity (Wildman–Crippen MR) is 94.4 cm³/mol. The third-order valence-electron chi connectivity index (χ3n) is 4.29. The van der Waals surface area contributed by atoms with E-state index in [-0.39, 0.29) is 5.78 Å². The number of hydrogen-bond acceptors (Lipinski definition) is 4. The van der Waals surface area contributed by atoms with Gasteiger partial charge >= 0.3 is 0 Å². The van der Waals surface area contributed by atoms with E-state index < -0.39 is 0 Å². The molecule has 0 radical (unpaired) electrons. The first-order valence-corrected chi connectivity index (χ1v) is 8.10. The highest BCUT2D eigenvalue weighted by atomic mass is 35.5. The van der Waals surface area contributed by atoms with E-state index in [2.05, 4.69) is 5.16 Å². The lowest BCUT2D eigenvalue weighted by atomic mass is 9.87. The van der Waals surface area contributed by atoms with Gasteiger partial charge < -0.3 is 9.26 Å². The van der Waals surface area contributed by atoms with Crippen molar-refractivity contribution in [3.05, 3.63) is 76.8 Å². The number of fused-ring (bicyclic) bond motifs is 2. The maximum absolute atomic E-state index is 13.1. The zero-order chi connectivity index (χ0) is 17.0. The van der Waals surface area contributed by atoms with Crippen molar-refractivity contribution in [2.24, 2.45) is 0 Å². The summed E-state index contributed by atoms with van der Waals surface area (Å²) in [5.74, 6) is 1.58. The molecule has 3 aromatic carbocycles. The SMILES string of the molecule is O=C1c2ccccc2-c2onc3ccc(Oc4ccc(Cl)cc4)c1c23. The number of ketones is 1. The van der Waals surface area contributed by atoms with E-state index in [1.54, 1.807) is 42.5 Å². The fourth-order valence-electron chi connectivity index (χ4n) is 3.16. The van der Waals surface area contributed by atoms with Gasteiger partial charge in [0, 0.05) is 16.1 Å². The van der Waals surface area contributed by atoms with E-state index in [9.17, 15) is 4.79 Å². The first-order chi connectivity index (χ1) is 12.2. The van der Waals surface area contributed by atoms with E-state index in [1.165, 1.54) is 0 Å². The molecule has 0 atom stereocenters. The number of carbonyl (C=O) groups excluding carboxylic acids is 1. The predicted octanol–water partition coefficient (Wildman–Crippen LogP) is 5.48. The first-order valence-electron chi connectivity index (χ1n) is 7.72. The average molecular weight is 348 g/mol. The van der Waals surface area contributed by atoms with Gasteiger partial charge in [-0.2, -0.15) is 0 Å². The van der Waals surface area contributed by atoms with Crippen LogP contribution in [-0.4, -0.2) is 10.9 Å². The minimum Gasteiger partial charge on any atom is -0.457 e. The number of rotatable bonds is 2. The fraction of sp³-hybridized carbons (Fsp3) is 0. The molecular weight excluding hydrogens is 338 g/mol. The molecule has 0 N–H and O–H groups in total. The number of hydrogen-bond donors (Lipinski definition) is 0. The zero-order valence-corrected chi connectivity index (χ0v) is 13.6. The second-order valence-electron chi connectivity index (χ2n) is 5.78. The molecule has 0 unspecified atom stereocenters. The van der Waals surface area contributed by atoms with Gasteiger partial charge in [0.25, 0.3) is 0 Å². The Kier molecular flexibility index (Phi) is 2.96. The molecule has 0 saturated heterocycles. The van der Waals surface area contributed by atoms with E-state index in [0.717, 1.165) is 5.56 Å². The third-order valence-corrected chi connectivity index (χ3v) is 4.54. The summed E-state index contributed by atoms with van der Waals surface area (Å²) in [7, 11) is 0. The molecule has 120 valence electrons. The van der Waals surface area contributed by atoms with Crippen LogP contribution < -0.4 is 4.74 Å². The number of benzene rings is 3. The van der Waals surface area contributed by atoms with Gasteiger partial charge in [0.05, 0.1) is 10.9 Å². The molecule has 1 heterocycles. The normalized spacial score (nSPS) is 12.3. The molecule has 1 aliphatic rings. The van der Waals surface area contributed by atoms with Crippen LogP contribution in [0.4, 0.5) is 0 Å². The smallest absolute Gasteiger partial charge is 0.198 e. The molecule has 4 nitrogen and oxygen atoms in total. The molecule has 0 bridgehead atoms. The van der Waals surface area contributed by atoms with Crippen LogP contribution >= 0.6 is 11.6 Å². The summed E-state index contributed by atoms with van der Waals surface area (Å²) in [6, 6.07) is 17.9. The van der Waals surface area contributed by atoms with Crippen molar-refractivity contribution in [3.8, 4) is 22.8 Å². The Morgan fingerprint density at radius 1 is 0.920 bits per heavy atom. The second kappa shape index (κ2) is 5.19. The second-order valence-corrected chi connectivity index (χ2v) is 6.21. The summed E-state index contributed by atoms with van der Waals surface area (Å²) in [5.41, 5.74) is 2.45. The van der Waals surface area contributed by atoms with E-state index in [0.29, 0.717) is 44.3 Å². The highest BCUT2D eigenvalue weighted by Gasteiger charge is 2.31. The van der Waals surface area contributed by atoms with Crippen LogP contribution in [0.3, 0.4) is 0 Å². The van der Waals surface area contributed by atoms with Crippen LogP contribution in [0.5, 0.6) is 11.5 Å². The Balaban J connectivity index is 1.75. The average Bonchev–Trinajstić information content (AvgIpc) is 3.07. The molecule has 0 amide bonds. The largest absolute Gasteiger partial charge is 0.457 e.